The normalized spacial score (nSPS) is 13.1. The second-order valence-corrected chi connectivity index (χ2v) is 11.1. The molecule has 0 radical (unpaired) electrons. The summed E-state index contributed by atoms with van der Waals surface area (Å²) >= 11 is 0. The van der Waals surface area contributed by atoms with E-state index in [1.807, 2.05) is 36.4 Å². The SMILES string of the molecule is Cc1noc(N(CN2Cc3ccccc3C2=O)S(=O)(=O)c2ccccc2-c2ccc(-c3ncco3)cc2)c1C. The number of aromatic nitrogens is 2. The Bertz CT molecular complexity index is 1780. The molecule has 0 bridgehead atoms. The van der Waals surface area contributed by atoms with Gasteiger partial charge in [0.15, 0.2) is 0 Å². The lowest BCUT2D eigenvalue weighted by Gasteiger charge is -2.28. The third-order valence-corrected chi connectivity index (χ3v) is 8.66. The van der Waals surface area contributed by atoms with Crippen molar-refractivity contribution in [3.05, 3.63) is 108 Å². The van der Waals surface area contributed by atoms with Gasteiger partial charge in [-0.15, -0.1) is 0 Å². The standard InChI is InChI=1S/C29H24N4O5S/c1-19-20(2)31-38-29(19)33(18-32-17-23-7-3-4-9-25(23)28(32)34)39(35,36)26-10-6-5-8-24(26)21-11-13-22(14-12-21)27-30-15-16-37-27/h3-16H,17-18H2,1-2H3. The molecule has 39 heavy (non-hydrogen) atoms. The second-order valence-electron chi connectivity index (χ2n) is 9.26. The van der Waals surface area contributed by atoms with Gasteiger partial charge in [0, 0.05) is 28.8 Å². The van der Waals surface area contributed by atoms with E-state index in [1.165, 1.54) is 11.2 Å². The van der Waals surface area contributed by atoms with Crippen LogP contribution in [0.2, 0.25) is 0 Å². The number of fused-ring (bicyclic) bond motifs is 1. The predicted octanol–water partition coefficient (Wildman–Crippen LogP) is 5.42. The molecule has 6 rings (SSSR count). The van der Waals surface area contributed by atoms with Gasteiger partial charge in [-0.25, -0.2) is 17.7 Å². The fourth-order valence-electron chi connectivity index (χ4n) is 4.68. The van der Waals surface area contributed by atoms with Crippen molar-refractivity contribution < 1.29 is 22.2 Å². The highest BCUT2D eigenvalue weighted by Gasteiger charge is 2.37. The number of carbonyl (C=O) groups is 1. The lowest BCUT2D eigenvalue weighted by Crippen LogP contribution is -2.42. The Morgan fingerprint density at radius 1 is 0.923 bits per heavy atom. The topological polar surface area (TPSA) is 110 Å². The van der Waals surface area contributed by atoms with E-state index in [0.717, 1.165) is 15.4 Å². The van der Waals surface area contributed by atoms with Crippen molar-refractivity contribution in [3.8, 4) is 22.6 Å². The van der Waals surface area contributed by atoms with Gasteiger partial charge in [0.1, 0.15) is 12.9 Å². The van der Waals surface area contributed by atoms with E-state index < -0.39 is 10.0 Å². The number of oxazole rings is 1. The maximum absolute atomic E-state index is 14.4. The first-order valence-electron chi connectivity index (χ1n) is 12.3. The zero-order valence-electron chi connectivity index (χ0n) is 21.2. The minimum atomic E-state index is -4.22. The summed E-state index contributed by atoms with van der Waals surface area (Å²) in [6, 6.07) is 21.3. The quantitative estimate of drug-likeness (QED) is 0.271. The van der Waals surface area contributed by atoms with Gasteiger partial charge in [-0.3, -0.25) is 4.79 Å². The smallest absolute Gasteiger partial charge is 0.268 e. The molecule has 0 aliphatic carbocycles. The number of hydrogen-bond donors (Lipinski definition) is 0. The molecule has 2 aromatic heterocycles. The van der Waals surface area contributed by atoms with Crippen LogP contribution in [0.25, 0.3) is 22.6 Å². The summed E-state index contributed by atoms with van der Waals surface area (Å²) in [5.74, 6) is 0.307. The molecule has 196 valence electrons. The van der Waals surface area contributed by atoms with Crippen LogP contribution in [0.1, 0.15) is 27.2 Å². The first-order chi connectivity index (χ1) is 18.8. The van der Waals surface area contributed by atoms with Crippen molar-refractivity contribution in [2.24, 2.45) is 0 Å². The van der Waals surface area contributed by atoms with Crippen LogP contribution in [0, 0.1) is 13.8 Å². The van der Waals surface area contributed by atoms with Crippen molar-refractivity contribution in [1.29, 1.82) is 0 Å². The maximum Gasteiger partial charge on any atom is 0.268 e. The molecule has 9 nitrogen and oxygen atoms in total. The number of amides is 1. The van der Waals surface area contributed by atoms with E-state index in [-0.39, 0.29) is 29.9 Å². The van der Waals surface area contributed by atoms with Crippen LogP contribution in [-0.2, 0) is 16.6 Å². The van der Waals surface area contributed by atoms with Crippen LogP contribution in [0.3, 0.4) is 0 Å². The average molecular weight is 541 g/mol. The summed E-state index contributed by atoms with van der Waals surface area (Å²) in [4.78, 5) is 18.9. The molecule has 0 spiro atoms. The van der Waals surface area contributed by atoms with E-state index in [9.17, 15) is 13.2 Å². The third-order valence-electron chi connectivity index (χ3n) is 6.88. The summed E-state index contributed by atoms with van der Waals surface area (Å²) in [5.41, 5.74) is 4.52. The van der Waals surface area contributed by atoms with Gasteiger partial charge >= 0.3 is 0 Å². The summed E-state index contributed by atoms with van der Waals surface area (Å²) in [5, 5.41) is 3.99. The zero-order valence-corrected chi connectivity index (χ0v) is 22.1. The van der Waals surface area contributed by atoms with Crippen LogP contribution in [0.15, 0.2) is 99.1 Å². The van der Waals surface area contributed by atoms with Crippen molar-refractivity contribution in [2.45, 2.75) is 25.3 Å². The summed E-state index contributed by atoms with van der Waals surface area (Å²) < 4.78 is 40.8. The van der Waals surface area contributed by atoms with E-state index in [2.05, 4.69) is 10.1 Å². The molecule has 0 atom stereocenters. The largest absolute Gasteiger partial charge is 0.445 e. The fourth-order valence-corrected chi connectivity index (χ4v) is 6.31. The van der Waals surface area contributed by atoms with E-state index in [0.29, 0.717) is 33.8 Å². The Labute approximate surface area is 225 Å². The van der Waals surface area contributed by atoms with Crippen LogP contribution in [0.4, 0.5) is 5.88 Å². The predicted molar refractivity (Wildman–Crippen MR) is 144 cm³/mol. The van der Waals surface area contributed by atoms with E-state index in [1.54, 1.807) is 56.4 Å². The Morgan fingerprint density at radius 2 is 1.62 bits per heavy atom. The van der Waals surface area contributed by atoms with Crippen molar-refractivity contribution in [1.82, 2.24) is 15.0 Å². The minimum absolute atomic E-state index is 0.0744. The lowest BCUT2D eigenvalue weighted by molar-refractivity contribution is 0.0783. The Morgan fingerprint density at radius 3 is 2.28 bits per heavy atom. The number of nitrogens with zero attached hydrogens (tertiary/aromatic N) is 4. The highest BCUT2D eigenvalue weighted by Crippen LogP contribution is 2.35. The molecular weight excluding hydrogens is 516 g/mol. The van der Waals surface area contributed by atoms with Crippen molar-refractivity contribution >= 4 is 21.8 Å². The molecule has 0 saturated carbocycles. The lowest BCUT2D eigenvalue weighted by atomic mass is 10.0. The molecule has 0 unspecified atom stereocenters. The molecule has 0 N–H and O–H groups in total. The van der Waals surface area contributed by atoms with Crippen LogP contribution in [-0.4, -0.2) is 36.0 Å². The highest BCUT2D eigenvalue weighted by atomic mass is 32.2. The molecule has 5 aromatic rings. The molecule has 3 aromatic carbocycles. The number of carbonyl (C=O) groups excluding carboxylic acids is 1. The third kappa shape index (κ3) is 4.28. The molecule has 1 amide bonds. The highest BCUT2D eigenvalue weighted by molar-refractivity contribution is 7.93. The monoisotopic (exact) mass is 540 g/mol. The van der Waals surface area contributed by atoms with E-state index >= 15 is 0 Å². The molecule has 0 fully saturated rings. The van der Waals surface area contributed by atoms with Crippen LogP contribution >= 0.6 is 0 Å². The summed E-state index contributed by atoms with van der Waals surface area (Å²) in [6.07, 6.45) is 3.06. The zero-order chi connectivity index (χ0) is 27.1. The number of rotatable bonds is 7. The number of benzene rings is 3. The van der Waals surface area contributed by atoms with Gasteiger partial charge in [0.05, 0.1) is 16.8 Å². The Kier molecular flexibility index (Phi) is 6.03. The fraction of sp³-hybridized carbons (Fsp3) is 0.138. The van der Waals surface area contributed by atoms with Crippen molar-refractivity contribution in [2.75, 3.05) is 11.0 Å². The van der Waals surface area contributed by atoms with Gasteiger partial charge in [0.25, 0.3) is 15.9 Å². The molecular formula is C29H24N4O5S. The maximum atomic E-state index is 14.4. The van der Waals surface area contributed by atoms with Gasteiger partial charge in [-0.1, -0.05) is 53.7 Å². The summed E-state index contributed by atoms with van der Waals surface area (Å²) in [6.45, 7) is 3.55. The minimum Gasteiger partial charge on any atom is -0.445 e. The van der Waals surface area contributed by atoms with Gasteiger partial charge < -0.3 is 13.8 Å². The molecule has 10 heteroatoms. The number of sulfonamides is 1. The molecule has 0 saturated heterocycles. The van der Waals surface area contributed by atoms with E-state index in [4.69, 9.17) is 8.94 Å². The Balaban J connectivity index is 1.41. The van der Waals surface area contributed by atoms with Crippen molar-refractivity contribution in [3.63, 3.8) is 0 Å². The molecule has 3 heterocycles. The van der Waals surface area contributed by atoms with Gasteiger partial charge in [-0.2, -0.15) is 0 Å². The second kappa shape index (κ2) is 9.55. The van der Waals surface area contributed by atoms with Gasteiger partial charge in [-0.05, 0) is 49.2 Å². The number of hydrogen-bond acceptors (Lipinski definition) is 7. The number of anilines is 1. The van der Waals surface area contributed by atoms with Crippen LogP contribution in [0.5, 0.6) is 0 Å². The first-order valence-corrected chi connectivity index (χ1v) is 13.7. The van der Waals surface area contributed by atoms with Crippen LogP contribution < -0.4 is 4.31 Å². The number of aryl methyl sites for hydroxylation is 1. The first kappa shape index (κ1) is 24.6. The summed E-state index contributed by atoms with van der Waals surface area (Å²) in [7, 11) is -4.22. The van der Waals surface area contributed by atoms with Gasteiger partial charge in [0.2, 0.25) is 11.8 Å². The average Bonchev–Trinajstić information content (AvgIpc) is 3.68. The molecule has 1 aliphatic rings. The Hall–Kier alpha value is -4.70. The molecule has 1 aliphatic heterocycles.